The summed E-state index contributed by atoms with van der Waals surface area (Å²) in [5.74, 6) is 7.22. The Morgan fingerprint density at radius 3 is 1.91 bits per heavy atom. The van der Waals surface area contributed by atoms with Gasteiger partial charge in [0, 0.05) is 31.7 Å². The fourth-order valence-corrected chi connectivity index (χ4v) is 10.4. The Hall–Kier alpha value is -5.13. The molecule has 5 heteroatoms. The summed E-state index contributed by atoms with van der Waals surface area (Å²) in [5.41, 5.74) is 11.6. The maximum atomic E-state index is 6.34. The van der Waals surface area contributed by atoms with E-state index in [1.807, 2.05) is 36.5 Å². The minimum atomic E-state index is -1.83. The van der Waals surface area contributed by atoms with Crippen molar-refractivity contribution in [1.29, 1.82) is 0 Å². The van der Waals surface area contributed by atoms with Gasteiger partial charge < -0.3 is 9.40 Å². The Kier molecular flexibility index (Phi) is 10.6. The quantitative estimate of drug-likeness (QED) is 0.128. The van der Waals surface area contributed by atoms with Crippen molar-refractivity contribution in [2.75, 3.05) is 0 Å². The zero-order chi connectivity index (χ0) is 35.7. The molecule has 0 saturated carbocycles. The number of fused-ring (bicyclic) bond motifs is 4. The third kappa shape index (κ3) is 7.68. The van der Waals surface area contributed by atoms with E-state index < -0.39 is 13.3 Å². The minimum absolute atomic E-state index is 0. The molecule has 0 spiro atoms. The second kappa shape index (κ2) is 15.5. The van der Waals surface area contributed by atoms with Crippen molar-refractivity contribution in [2.45, 2.75) is 24.2 Å². The van der Waals surface area contributed by atoms with E-state index in [4.69, 9.17) is 9.40 Å². The van der Waals surface area contributed by atoms with Gasteiger partial charge in [0.05, 0.1) is 5.58 Å². The van der Waals surface area contributed by atoms with Crippen molar-refractivity contribution in [3.05, 3.63) is 176 Å². The van der Waals surface area contributed by atoms with Crippen LogP contribution >= 0.6 is 0 Å². The zero-order valence-electron chi connectivity index (χ0n) is 30.1. The van der Waals surface area contributed by atoms with Crippen LogP contribution in [0.1, 0.15) is 5.56 Å². The molecule has 0 N–H and O–H groups in total. The predicted octanol–water partition coefficient (Wildman–Crippen LogP) is 12.3. The molecule has 0 bridgehead atoms. The van der Waals surface area contributed by atoms with Gasteiger partial charge in [-0.15, -0.1) is 18.2 Å². The van der Waals surface area contributed by atoms with Gasteiger partial charge in [-0.25, -0.2) is 0 Å². The summed E-state index contributed by atoms with van der Waals surface area (Å²) in [4.78, 5) is 9.37. The van der Waals surface area contributed by atoms with Crippen LogP contribution < -0.4 is 4.40 Å². The van der Waals surface area contributed by atoms with E-state index in [1.165, 1.54) is 26.6 Å². The van der Waals surface area contributed by atoms with Crippen molar-refractivity contribution < 1.29 is 24.5 Å². The van der Waals surface area contributed by atoms with Gasteiger partial charge in [0.1, 0.15) is 5.58 Å². The van der Waals surface area contributed by atoms with Crippen LogP contribution in [0.4, 0.5) is 0 Å². The fraction of sp³-hybridized carbons (Fsp3) is 0.0833. The number of furan rings is 1. The molecule has 3 nitrogen and oxygen atoms in total. The molecule has 0 atom stereocenters. The number of hydrogen-bond acceptors (Lipinski definition) is 3. The van der Waals surface area contributed by atoms with Crippen LogP contribution in [0.2, 0.25) is 17.3 Å². The molecule has 0 aliphatic heterocycles. The Bertz CT molecular complexity index is 2660. The molecule has 261 valence electrons. The van der Waals surface area contributed by atoms with E-state index >= 15 is 0 Å². The van der Waals surface area contributed by atoms with Gasteiger partial charge in [-0.2, -0.15) is 0 Å². The molecule has 1 radical (unpaired) electrons. The summed E-state index contributed by atoms with van der Waals surface area (Å²) in [6, 6.07) is 56.8. The summed E-state index contributed by atoms with van der Waals surface area (Å²) in [7, 11) is 0. The first-order valence-corrected chi connectivity index (χ1v) is 25.0. The largest absolute Gasteiger partial charge is 0.501 e. The van der Waals surface area contributed by atoms with Crippen LogP contribution in [0.3, 0.4) is 0 Å². The van der Waals surface area contributed by atoms with Crippen LogP contribution in [-0.2, 0) is 20.1 Å². The molecule has 0 aliphatic carbocycles. The second-order valence-electron chi connectivity index (χ2n) is 14.2. The Morgan fingerprint density at radius 1 is 0.566 bits per heavy atom. The van der Waals surface area contributed by atoms with Crippen molar-refractivity contribution in [3.63, 3.8) is 0 Å². The Labute approximate surface area is 327 Å². The molecule has 3 aromatic heterocycles. The molecule has 0 saturated heterocycles. The van der Waals surface area contributed by atoms with Gasteiger partial charge in [-0.05, 0) is 33.7 Å². The first-order valence-electron chi connectivity index (χ1n) is 17.6. The number of rotatable bonds is 5. The van der Waals surface area contributed by atoms with Gasteiger partial charge in [0.15, 0.2) is 0 Å². The summed E-state index contributed by atoms with van der Waals surface area (Å²) < 4.78 is 7.82. The standard InChI is InChI=1S/C27H16NO.C21H22GeN.Ir/c1-2-7-18(8-3-1)20-13-14-22-23-11-6-12-24(27(23)29-26(22)16-20)25-15-19-9-4-5-10-21(19)17-28-25;1-16-14-21(23-15-20(16)22(2,3)4)19-12-10-18(11-13-19)17-8-6-5-7-9-17;/h1-11,13-17H;5-12,14-15H,1-4H3;/q2*-1;. The van der Waals surface area contributed by atoms with Crippen LogP contribution in [0.5, 0.6) is 0 Å². The number of pyridine rings is 2. The first kappa shape index (κ1) is 36.2. The number of nitrogens with zero attached hydrogens (tertiary/aromatic N) is 2. The molecule has 3 heterocycles. The van der Waals surface area contributed by atoms with Gasteiger partial charge >= 0.3 is 142 Å². The zero-order valence-corrected chi connectivity index (χ0v) is 34.6. The van der Waals surface area contributed by atoms with E-state index in [9.17, 15) is 0 Å². The summed E-state index contributed by atoms with van der Waals surface area (Å²) in [5, 5.41) is 4.48. The number of aromatic nitrogens is 2. The molecular weight excluding hydrogens is 885 g/mol. The normalized spacial score (nSPS) is 11.2. The molecule has 6 aromatic carbocycles. The van der Waals surface area contributed by atoms with Crippen molar-refractivity contribution >= 4 is 50.4 Å². The maximum absolute atomic E-state index is 6.34. The summed E-state index contributed by atoms with van der Waals surface area (Å²) in [6.45, 7) is 2.20. The maximum Gasteiger partial charge on any atom is 0.121 e. The molecule has 53 heavy (non-hydrogen) atoms. The van der Waals surface area contributed by atoms with Crippen molar-refractivity contribution in [2.24, 2.45) is 0 Å². The van der Waals surface area contributed by atoms with E-state index in [0.717, 1.165) is 60.8 Å². The molecule has 9 rings (SSSR count). The predicted molar refractivity (Wildman–Crippen MR) is 220 cm³/mol. The van der Waals surface area contributed by atoms with Gasteiger partial charge in [-0.1, -0.05) is 83.7 Å². The molecule has 0 amide bonds. The average Bonchev–Trinajstić information content (AvgIpc) is 3.56. The number of aryl methyl sites for hydroxylation is 1. The van der Waals surface area contributed by atoms with Gasteiger partial charge in [0.25, 0.3) is 0 Å². The van der Waals surface area contributed by atoms with Crippen LogP contribution in [0.25, 0.3) is 77.5 Å². The smallest absolute Gasteiger partial charge is 0.121 e. The molecule has 0 aliphatic rings. The van der Waals surface area contributed by atoms with Gasteiger partial charge in [-0.3, -0.25) is 0 Å². The monoisotopic (exact) mass is 925 g/mol. The van der Waals surface area contributed by atoms with E-state index in [1.54, 1.807) is 0 Å². The Balaban J connectivity index is 0.000000166. The number of hydrogen-bond donors (Lipinski definition) is 0. The third-order valence-corrected chi connectivity index (χ3v) is 14.0. The van der Waals surface area contributed by atoms with Crippen LogP contribution in [0.15, 0.2) is 162 Å². The van der Waals surface area contributed by atoms with E-state index in [2.05, 4.69) is 163 Å². The van der Waals surface area contributed by atoms with Crippen LogP contribution in [0, 0.1) is 19.1 Å². The molecular formula is C48H38GeIrN2O-2. The topological polar surface area (TPSA) is 38.9 Å². The van der Waals surface area contributed by atoms with E-state index in [0.29, 0.717) is 0 Å². The molecule has 0 unspecified atom stereocenters. The third-order valence-electron chi connectivity index (χ3n) is 9.54. The van der Waals surface area contributed by atoms with E-state index in [-0.39, 0.29) is 20.1 Å². The Morgan fingerprint density at radius 2 is 1.23 bits per heavy atom. The number of benzene rings is 6. The first-order chi connectivity index (χ1) is 25.3. The molecule has 0 fully saturated rings. The van der Waals surface area contributed by atoms with Crippen molar-refractivity contribution in [3.8, 4) is 44.8 Å². The summed E-state index contributed by atoms with van der Waals surface area (Å²) in [6.07, 6.45) is 4.00. The van der Waals surface area contributed by atoms with Crippen molar-refractivity contribution in [1.82, 2.24) is 9.97 Å². The minimum Gasteiger partial charge on any atom is -0.501 e. The SMILES string of the molecule is Cc1cc(-c2[c-]cc(-c3ccccc3)cc2)nc[c]1[Ge]([CH3])([CH3])[CH3].[Ir].[c-]1ccc2c(oc3cc(-c4ccccc4)ccc32)c1-c1cc2ccccc2cn1. The fourth-order valence-electron chi connectivity index (χ4n) is 6.85. The van der Waals surface area contributed by atoms with Gasteiger partial charge in [0.2, 0.25) is 0 Å². The average molecular weight is 924 g/mol. The molecule has 9 aromatic rings. The summed E-state index contributed by atoms with van der Waals surface area (Å²) >= 11 is -1.83. The van der Waals surface area contributed by atoms with Crippen LogP contribution in [-0.4, -0.2) is 23.2 Å². The second-order valence-corrected chi connectivity index (χ2v) is 24.8.